The summed E-state index contributed by atoms with van der Waals surface area (Å²) in [5.74, 6) is -0.136. The number of pyridine rings is 1. The van der Waals surface area contributed by atoms with Crippen molar-refractivity contribution >= 4 is 23.4 Å². The SMILES string of the molecule is Nc1ccc2c(c1)O/C(=C/c1ccncc1)C(=O)N2Cc1ccccc1F. The van der Waals surface area contributed by atoms with Crippen molar-refractivity contribution in [1.82, 2.24) is 4.98 Å². The molecule has 0 radical (unpaired) electrons. The molecule has 4 rings (SSSR count). The number of nitrogens with two attached hydrogens (primary N) is 1. The topological polar surface area (TPSA) is 68.5 Å². The van der Waals surface area contributed by atoms with Gasteiger partial charge >= 0.3 is 0 Å². The van der Waals surface area contributed by atoms with E-state index in [2.05, 4.69) is 4.98 Å². The molecule has 5 nitrogen and oxygen atoms in total. The summed E-state index contributed by atoms with van der Waals surface area (Å²) in [7, 11) is 0. The van der Waals surface area contributed by atoms with Crippen LogP contribution in [0, 0.1) is 5.82 Å². The van der Waals surface area contributed by atoms with Crippen LogP contribution in [0.15, 0.2) is 72.8 Å². The Kier molecular flexibility index (Phi) is 4.30. The first-order chi connectivity index (χ1) is 13.1. The highest BCUT2D eigenvalue weighted by Crippen LogP contribution is 2.38. The van der Waals surface area contributed by atoms with E-state index in [1.807, 2.05) is 0 Å². The van der Waals surface area contributed by atoms with Crippen molar-refractivity contribution in [3.8, 4) is 5.75 Å². The molecule has 0 saturated carbocycles. The maximum absolute atomic E-state index is 14.1. The third-order valence-corrected chi connectivity index (χ3v) is 4.24. The maximum Gasteiger partial charge on any atom is 0.294 e. The number of ether oxygens (including phenoxy) is 1. The Morgan fingerprint density at radius 3 is 2.67 bits per heavy atom. The summed E-state index contributed by atoms with van der Waals surface area (Å²) < 4.78 is 19.9. The molecule has 0 saturated heterocycles. The third-order valence-electron chi connectivity index (χ3n) is 4.24. The monoisotopic (exact) mass is 361 g/mol. The Labute approximate surface area is 155 Å². The molecule has 1 aliphatic heterocycles. The van der Waals surface area contributed by atoms with Gasteiger partial charge < -0.3 is 10.5 Å². The zero-order chi connectivity index (χ0) is 18.8. The van der Waals surface area contributed by atoms with E-state index in [-0.39, 0.29) is 24.0 Å². The number of halogens is 1. The van der Waals surface area contributed by atoms with E-state index in [1.54, 1.807) is 67.0 Å². The average molecular weight is 361 g/mol. The van der Waals surface area contributed by atoms with Crippen LogP contribution < -0.4 is 15.4 Å². The minimum Gasteiger partial charge on any atom is -0.449 e. The van der Waals surface area contributed by atoms with E-state index >= 15 is 0 Å². The zero-order valence-electron chi connectivity index (χ0n) is 14.3. The number of carbonyl (C=O) groups excluding carboxylic acids is 1. The van der Waals surface area contributed by atoms with Crippen molar-refractivity contribution < 1.29 is 13.9 Å². The van der Waals surface area contributed by atoms with Gasteiger partial charge in [-0.1, -0.05) is 18.2 Å². The Balaban J connectivity index is 1.78. The molecular weight excluding hydrogens is 345 g/mol. The van der Waals surface area contributed by atoms with Crippen LogP contribution in [0.5, 0.6) is 5.75 Å². The molecule has 6 heteroatoms. The second-order valence-electron chi connectivity index (χ2n) is 6.10. The smallest absolute Gasteiger partial charge is 0.294 e. The number of rotatable bonds is 3. The maximum atomic E-state index is 14.1. The van der Waals surface area contributed by atoms with Crippen LogP contribution in [0.2, 0.25) is 0 Å². The lowest BCUT2D eigenvalue weighted by atomic mass is 10.1. The second-order valence-corrected chi connectivity index (χ2v) is 6.10. The first-order valence-corrected chi connectivity index (χ1v) is 8.36. The molecule has 3 aromatic rings. The van der Waals surface area contributed by atoms with E-state index in [0.717, 1.165) is 5.56 Å². The molecule has 27 heavy (non-hydrogen) atoms. The van der Waals surface area contributed by atoms with E-state index in [4.69, 9.17) is 10.5 Å². The van der Waals surface area contributed by atoms with Crippen molar-refractivity contribution in [3.63, 3.8) is 0 Å². The lowest BCUT2D eigenvalue weighted by Crippen LogP contribution is -2.37. The Morgan fingerprint density at radius 2 is 1.89 bits per heavy atom. The minimum absolute atomic E-state index is 0.0828. The van der Waals surface area contributed by atoms with E-state index in [1.165, 1.54) is 11.0 Å². The molecule has 0 bridgehead atoms. The number of nitrogens with zero attached hydrogens (tertiary/aromatic N) is 2. The number of amides is 1. The summed E-state index contributed by atoms with van der Waals surface area (Å²) in [5, 5.41) is 0. The molecule has 0 atom stereocenters. The third kappa shape index (κ3) is 3.37. The largest absolute Gasteiger partial charge is 0.449 e. The fraction of sp³-hybridized carbons (Fsp3) is 0.0476. The van der Waals surface area contributed by atoms with Gasteiger partial charge in [-0.3, -0.25) is 14.7 Å². The number of fused-ring (bicyclic) bond motifs is 1. The Hall–Kier alpha value is -3.67. The van der Waals surface area contributed by atoms with Crippen molar-refractivity contribution in [2.45, 2.75) is 6.54 Å². The first kappa shape index (κ1) is 16.8. The number of nitrogen functional groups attached to an aromatic ring is 1. The average Bonchev–Trinajstić information content (AvgIpc) is 2.67. The van der Waals surface area contributed by atoms with Gasteiger partial charge in [0, 0.05) is 29.7 Å². The van der Waals surface area contributed by atoms with E-state index in [9.17, 15) is 9.18 Å². The van der Waals surface area contributed by atoms with Gasteiger partial charge in [-0.2, -0.15) is 0 Å². The highest BCUT2D eigenvalue weighted by atomic mass is 19.1. The molecule has 0 aliphatic carbocycles. The summed E-state index contributed by atoms with van der Waals surface area (Å²) in [5.41, 5.74) is 8.11. The molecule has 2 heterocycles. The number of aromatic nitrogens is 1. The number of carbonyl (C=O) groups is 1. The number of anilines is 2. The van der Waals surface area contributed by atoms with Crippen LogP contribution in [0.4, 0.5) is 15.8 Å². The Bertz CT molecular complexity index is 1030. The molecule has 1 aliphatic rings. The van der Waals surface area contributed by atoms with E-state index < -0.39 is 0 Å². The van der Waals surface area contributed by atoms with Gasteiger partial charge in [0.1, 0.15) is 5.82 Å². The van der Waals surface area contributed by atoms with Gasteiger partial charge in [0.05, 0.1) is 12.2 Å². The van der Waals surface area contributed by atoms with Crippen molar-refractivity contribution in [2.24, 2.45) is 0 Å². The predicted molar refractivity (Wildman–Crippen MR) is 101 cm³/mol. The standard InChI is InChI=1S/C21H16FN3O2/c22-17-4-2-1-3-15(17)13-25-18-6-5-16(23)12-19(18)27-20(21(25)26)11-14-7-9-24-10-8-14/h1-12H,13,23H2/b20-11+. The Morgan fingerprint density at radius 1 is 1.11 bits per heavy atom. The molecule has 1 amide bonds. The van der Waals surface area contributed by atoms with Crippen LogP contribution in [0.3, 0.4) is 0 Å². The zero-order valence-corrected chi connectivity index (χ0v) is 14.3. The van der Waals surface area contributed by atoms with Gasteiger partial charge in [-0.15, -0.1) is 0 Å². The van der Waals surface area contributed by atoms with Crippen molar-refractivity contribution in [1.29, 1.82) is 0 Å². The molecule has 0 unspecified atom stereocenters. The first-order valence-electron chi connectivity index (χ1n) is 8.36. The normalized spacial score (nSPS) is 14.8. The second kappa shape index (κ2) is 6.92. The number of benzene rings is 2. The predicted octanol–water partition coefficient (Wildman–Crippen LogP) is 3.77. The van der Waals surface area contributed by atoms with Crippen LogP contribution in [-0.2, 0) is 11.3 Å². The van der Waals surface area contributed by atoms with Crippen LogP contribution in [0.25, 0.3) is 6.08 Å². The highest BCUT2D eigenvalue weighted by Gasteiger charge is 2.31. The van der Waals surface area contributed by atoms with Gasteiger partial charge in [0.15, 0.2) is 11.5 Å². The lowest BCUT2D eigenvalue weighted by molar-refractivity contribution is -0.117. The summed E-state index contributed by atoms with van der Waals surface area (Å²) in [4.78, 5) is 18.5. The minimum atomic E-state index is -0.367. The summed E-state index contributed by atoms with van der Waals surface area (Å²) >= 11 is 0. The summed E-state index contributed by atoms with van der Waals surface area (Å²) in [6.07, 6.45) is 4.88. The number of hydrogen-bond donors (Lipinski definition) is 1. The fourth-order valence-electron chi connectivity index (χ4n) is 2.90. The summed E-state index contributed by atoms with van der Waals surface area (Å²) in [6.45, 7) is 0.0828. The van der Waals surface area contributed by atoms with Gasteiger partial charge in [-0.05, 0) is 42.0 Å². The van der Waals surface area contributed by atoms with Crippen molar-refractivity contribution in [3.05, 3.63) is 89.7 Å². The van der Waals surface area contributed by atoms with Crippen molar-refractivity contribution in [2.75, 3.05) is 10.6 Å². The van der Waals surface area contributed by atoms with Crippen LogP contribution in [0.1, 0.15) is 11.1 Å². The van der Waals surface area contributed by atoms with Gasteiger partial charge in [0.25, 0.3) is 5.91 Å². The molecular formula is C21H16FN3O2. The molecule has 0 spiro atoms. The lowest BCUT2D eigenvalue weighted by Gasteiger charge is -2.31. The van der Waals surface area contributed by atoms with E-state index in [0.29, 0.717) is 22.7 Å². The molecule has 2 N–H and O–H groups in total. The molecule has 1 aromatic heterocycles. The molecule has 134 valence electrons. The highest BCUT2D eigenvalue weighted by molar-refractivity contribution is 6.09. The van der Waals surface area contributed by atoms with Crippen LogP contribution >= 0.6 is 0 Å². The quantitative estimate of drug-likeness (QED) is 0.570. The molecule has 0 fully saturated rings. The van der Waals surface area contributed by atoms with Gasteiger partial charge in [-0.25, -0.2) is 4.39 Å². The number of hydrogen-bond acceptors (Lipinski definition) is 4. The van der Waals surface area contributed by atoms with Crippen LogP contribution in [-0.4, -0.2) is 10.9 Å². The summed E-state index contributed by atoms with van der Waals surface area (Å²) in [6, 6.07) is 14.9. The van der Waals surface area contributed by atoms with Gasteiger partial charge in [0.2, 0.25) is 0 Å². The fourth-order valence-corrected chi connectivity index (χ4v) is 2.90. The molecule has 2 aromatic carbocycles.